The van der Waals surface area contributed by atoms with E-state index in [1.165, 1.54) is 19.3 Å². The zero-order valence-corrected chi connectivity index (χ0v) is 14.2. The zero-order valence-electron chi connectivity index (χ0n) is 13.3. The molecule has 23 heavy (non-hydrogen) atoms. The molecule has 0 unspecified atom stereocenters. The van der Waals surface area contributed by atoms with Crippen molar-refractivity contribution < 1.29 is 9.32 Å². The van der Waals surface area contributed by atoms with Crippen LogP contribution in [0.25, 0.3) is 0 Å². The normalized spacial score (nSPS) is 17.1. The number of aldehydes is 1. The molecule has 2 nitrogen and oxygen atoms in total. The molecule has 0 radical (unpaired) electrons. The van der Waals surface area contributed by atoms with Crippen molar-refractivity contribution >= 4 is 25.0 Å². The summed E-state index contributed by atoms with van der Waals surface area (Å²) in [6.07, 6.45) is 6.67. The SMILES string of the molecule is O=C[C@@H](OP(c1ccccc1)c1ccccc1)C1CCCCC1. The van der Waals surface area contributed by atoms with Gasteiger partial charge in [0.2, 0.25) is 0 Å². The molecule has 0 aliphatic heterocycles. The fourth-order valence-corrected chi connectivity index (χ4v) is 5.10. The Kier molecular flexibility index (Phi) is 5.96. The van der Waals surface area contributed by atoms with E-state index in [1.54, 1.807) is 0 Å². The molecule has 0 heterocycles. The average Bonchev–Trinajstić information content (AvgIpc) is 2.65. The molecule has 1 saturated carbocycles. The minimum Gasteiger partial charge on any atom is -0.339 e. The summed E-state index contributed by atoms with van der Waals surface area (Å²) < 4.78 is 6.41. The van der Waals surface area contributed by atoms with Crippen LogP contribution in [0.4, 0.5) is 0 Å². The molecular weight excluding hydrogens is 303 g/mol. The minimum atomic E-state index is -0.952. The molecule has 1 fully saturated rings. The number of carbonyl (C=O) groups is 1. The lowest BCUT2D eigenvalue weighted by molar-refractivity contribution is -0.115. The Hall–Kier alpha value is -1.50. The molecule has 0 spiro atoms. The van der Waals surface area contributed by atoms with Gasteiger partial charge < -0.3 is 9.32 Å². The van der Waals surface area contributed by atoms with Gasteiger partial charge in [0.25, 0.3) is 0 Å². The van der Waals surface area contributed by atoms with E-state index in [1.807, 2.05) is 36.4 Å². The Morgan fingerprint density at radius 2 is 1.39 bits per heavy atom. The van der Waals surface area contributed by atoms with E-state index in [0.29, 0.717) is 5.92 Å². The second kappa shape index (κ2) is 8.38. The van der Waals surface area contributed by atoms with Crippen molar-refractivity contribution in [3.05, 3.63) is 60.7 Å². The van der Waals surface area contributed by atoms with E-state index in [2.05, 4.69) is 24.3 Å². The minimum absolute atomic E-state index is 0.290. The molecule has 3 heteroatoms. The molecule has 0 N–H and O–H groups in total. The Labute approximate surface area is 139 Å². The first-order valence-corrected chi connectivity index (χ1v) is 9.67. The standard InChI is InChI=1S/C20H23O2P/c21-16-20(17-10-4-1-5-11-17)22-23(18-12-6-2-7-13-18)19-14-8-3-9-15-19/h2-3,6-9,12-17,20H,1,4-5,10-11H2/t20-/m1/s1. The van der Waals surface area contributed by atoms with Crippen molar-refractivity contribution in [3.8, 4) is 0 Å². The van der Waals surface area contributed by atoms with E-state index in [0.717, 1.165) is 29.7 Å². The quantitative estimate of drug-likeness (QED) is 0.587. The highest BCUT2D eigenvalue weighted by atomic mass is 31.1. The van der Waals surface area contributed by atoms with E-state index in [4.69, 9.17) is 4.52 Å². The second-order valence-corrected chi connectivity index (χ2v) is 7.90. The van der Waals surface area contributed by atoms with Gasteiger partial charge in [0.15, 0.2) is 0 Å². The molecule has 120 valence electrons. The maximum absolute atomic E-state index is 11.7. The van der Waals surface area contributed by atoms with Gasteiger partial charge in [-0.3, -0.25) is 0 Å². The number of benzene rings is 2. The van der Waals surface area contributed by atoms with Gasteiger partial charge in [-0.15, -0.1) is 0 Å². The largest absolute Gasteiger partial charge is 0.339 e. The van der Waals surface area contributed by atoms with Crippen molar-refractivity contribution in [2.75, 3.05) is 0 Å². The first-order chi connectivity index (χ1) is 11.4. The van der Waals surface area contributed by atoms with Gasteiger partial charge in [0.05, 0.1) is 8.15 Å². The molecular formula is C20H23O2P. The van der Waals surface area contributed by atoms with E-state index >= 15 is 0 Å². The molecule has 1 aliphatic rings. The van der Waals surface area contributed by atoms with Crippen LogP contribution in [-0.4, -0.2) is 12.4 Å². The van der Waals surface area contributed by atoms with Crippen LogP contribution in [0.5, 0.6) is 0 Å². The van der Waals surface area contributed by atoms with Gasteiger partial charge in [-0.25, -0.2) is 0 Å². The number of hydrogen-bond acceptors (Lipinski definition) is 2. The molecule has 2 aromatic carbocycles. The lowest BCUT2D eigenvalue weighted by atomic mass is 9.86. The summed E-state index contributed by atoms with van der Waals surface area (Å²) in [6.45, 7) is 0. The second-order valence-electron chi connectivity index (χ2n) is 6.07. The van der Waals surface area contributed by atoms with E-state index < -0.39 is 8.15 Å². The van der Waals surface area contributed by atoms with Crippen LogP contribution in [-0.2, 0) is 9.32 Å². The highest BCUT2D eigenvalue weighted by Gasteiger charge is 2.28. The van der Waals surface area contributed by atoms with Crippen LogP contribution in [0.15, 0.2) is 60.7 Å². The van der Waals surface area contributed by atoms with Gasteiger partial charge >= 0.3 is 0 Å². The van der Waals surface area contributed by atoms with Crippen molar-refractivity contribution in [2.24, 2.45) is 5.92 Å². The monoisotopic (exact) mass is 326 g/mol. The number of hydrogen-bond donors (Lipinski definition) is 0. The van der Waals surface area contributed by atoms with Crippen molar-refractivity contribution in [1.29, 1.82) is 0 Å². The Morgan fingerprint density at radius 3 is 1.87 bits per heavy atom. The third-order valence-electron chi connectivity index (χ3n) is 4.46. The van der Waals surface area contributed by atoms with Crippen LogP contribution in [0, 0.1) is 5.92 Å². The van der Waals surface area contributed by atoms with Gasteiger partial charge in [-0.2, -0.15) is 0 Å². The van der Waals surface area contributed by atoms with Gasteiger partial charge in [-0.1, -0.05) is 79.9 Å². The van der Waals surface area contributed by atoms with Gasteiger partial charge in [0, 0.05) is 10.6 Å². The Bertz CT molecular complexity index is 554. The van der Waals surface area contributed by atoms with Crippen LogP contribution in [0.3, 0.4) is 0 Å². The highest BCUT2D eigenvalue weighted by molar-refractivity contribution is 7.68. The molecule has 0 amide bonds. The molecule has 0 bridgehead atoms. The molecule has 1 aliphatic carbocycles. The Morgan fingerprint density at radius 1 is 0.870 bits per heavy atom. The lowest BCUT2D eigenvalue weighted by Crippen LogP contribution is -2.29. The summed E-state index contributed by atoms with van der Waals surface area (Å²) in [5.41, 5.74) is 0. The molecule has 1 atom stereocenters. The number of rotatable bonds is 6. The first kappa shape index (κ1) is 16.4. The fourth-order valence-electron chi connectivity index (χ4n) is 3.20. The highest BCUT2D eigenvalue weighted by Crippen LogP contribution is 2.39. The van der Waals surface area contributed by atoms with Crippen molar-refractivity contribution in [3.63, 3.8) is 0 Å². The molecule has 0 aromatic heterocycles. The van der Waals surface area contributed by atoms with E-state index in [-0.39, 0.29) is 6.10 Å². The smallest absolute Gasteiger partial charge is 0.149 e. The van der Waals surface area contributed by atoms with Gasteiger partial charge in [-0.05, 0) is 18.8 Å². The third-order valence-corrected chi connectivity index (χ3v) is 6.45. The fraction of sp³-hybridized carbons (Fsp3) is 0.350. The zero-order chi connectivity index (χ0) is 15.9. The summed E-state index contributed by atoms with van der Waals surface area (Å²) in [7, 11) is -0.952. The summed E-state index contributed by atoms with van der Waals surface area (Å²) in [6, 6.07) is 20.6. The first-order valence-electron chi connectivity index (χ1n) is 8.41. The van der Waals surface area contributed by atoms with Crippen molar-refractivity contribution in [1.82, 2.24) is 0 Å². The van der Waals surface area contributed by atoms with Crippen LogP contribution in [0.2, 0.25) is 0 Å². The van der Waals surface area contributed by atoms with Crippen molar-refractivity contribution in [2.45, 2.75) is 38.2 Å². The predicted molar refractivity (Wildman–Crippen MR) is 96.6 cm³/mol. The molecule has 0 saturated heterocycles. The van der Waals surface area contributed by atoms with Crippen LogP contribution in [0.1, 0.15) is 32.1 Å². The molecule has 2 aromatic rings. The third kappa shape index (κ3) is 4.28. The Balaban J connectivity index is 1.84. The maximum atomic E-state index is 11.7. The lowest BCUT2D eigenvalue weighted by Gasteiger charge is -2.30. The van der Waals surface area contributed by atoms with Gasteiger partial charge in [0.1, 0.15) is 12.4 Å². The number of carbonyl (C=O) groups excluding carboxylic acids is 1. The average molecular weight is 326 g/mol. The van der Waals surface area contributed by atoms with Crippen LogP contribution < -0.4 is 10.6 Å². The van der Waals surface area contributed by atoms with Crippen LogP contribution >= 0.6 is 8.15 Å². The topological polar surface area (TPSA) is 26.3 Å². The predicted octanol–water partition coefficient (Wildman–Crippen LogP) is 4.20. The summed E-state index contributed by atoms with van der Waals surface area (Å²) in [4.78, 5) is 11.7. The summed E-state index contributed by atoms with van der Waals surface area (Å²) in [5.74, 6) is 0.374. The molecule has 3 rings (SSSR count). The van der Waals surface area contributed by atoms with E-state index in [9.17, 15) is 4.79 Å². The summed E-state index contributed by atoms with van der Waals surface area (Å²) in [5, 5.41) is 2.33. The maximum Gasteiger partial charge on any atom is 0.149 e. The summed E-state index contributed by atoms with van der Waals surface area (Å²) >= 11 is 0.